The maximum Gasteiger partial charge on any atom is 0.149 e. The van der Waals surface area contributed by atoms with Crippen molar-refractivity contribution in [2.45, 2.75) is 19.6 Å². The number of nitrogens with one attached hydrogen (secondary N) is 1. The van der Waals surface area contributed by atoms with Crippen LogP contribution < -0.4 is 21.2 Å². The number of hydrogen-bond donors (Lipinski definition) is 1. The van der Waals surface area contributed by atoms with E-state index in [0.29, 0.717) is 0 Å². The second-order valence-corrected chi connectivity index (χ2v) is 11.1. The molecule has 4 aromatic rings. The Hall–Kier alpha value is -2.89. The molecule has 1 unspecified atom stereocenters. The molecule has 4 rings (SSSR count). The molecule has 0 aromatic heterocycles. The van der Waals surface area contributed by atoms with Gasteiger partial charge in [-0.3, -0.25) is 0 Å². The van der Waals surface area contributed by atoms with Gasteiger partial charge in [0, 0.05) is 5.69 Å². The molecule has 0 bridgehead atoms. The number of benzene rings is 4. The number of aryl methyl sites for hydroxylation is 1. The van der Waals surface area contributed by atoms with Gasteiger partial charge in [-0.05, 0) is 61.9 Å². The number of rotatable bonds is 6. The first kappa shape index (κ1) is 19.4. The van der Waals surface area contributed by atoms with Gasteiger partial charge in [-0.2, -0.15) is 0 Å². The van der Waals surface area contributed by atoms with Crippen molar-refractivity contribution in [2.75, 3.05) is 5.32 Å². The molecule has 29 heavy (non-hydrogen) atoms. The molecule has 1 N–H and O–H groups in total. The smallest absolute Gasteiger partial charge is 0.149 e. The van der Waals surface area contributed by atoms with Gasteiger partial charge in [0.2, 0.25) is 0 Å². The van der Waals surface area contributed by atoms with E-state index in [9.17, 15) is 0 Å². The largest absolute Gasteiger partial charge is 0.350 e. The van der Waals surface area contributed by atoms with Crippen LogP contribution >= 0.6 is 7.26 Å². The summed E-state index contributed by atoms with van der Waals surface area (Å²) in [5.41, 5.74) is 2.47. The summed E-state index contributed by atoms with van der Waals surface area (Å²) in [6.07, 6.45) is 0. The first-order chi connectivity index (χ1) is 14.2. The van der Waals surface area contributed by atoms with Crippen LogP contribution in [0.3, 0.4) is 0 Å². The van der Waals surface area contributed by atoms with Crippen molar-refractivity contribution in [3.63, 3.8) is 0 Å². The number of anilines is 1. The summed E-state index contributed by atoms with van der Waals surface area (Å²) < 4.78 is 0. The highest BCUT2D eigenvalue weighted by atomic mass is 31.2. The summed E-state index contributed by atoms with van der Waals surface area (Å²) in [6, 6.07) is 41.6. The Kier molecular flexibility index (Phi) is 5.79. The number of para-hydroxylation sites is 1. The van der Waals surface area contributed by atoms with Crippen LogP contribution in [0.25, 0.3) is 0 Å². The van der Waals surface area contributed by atoms with Crippen LogP contribution in [0.4, 0.5) is 5.69 Å². The van der Waals surface area contributed by atoms with E-state index in [1.807, 2.05) is 0 Å². The molecule has 2 heteroatoms. The molecule has 0 aliphatic rings. The molecule has 0 saturated heterocycles. The highest BCUT2D eigenvalue weighted by Gasteiger charge is 2.50. The van der Waals surface area contributed by atoms with Crippen LogP contribution in [0.15, 0.2) is 115 Å². The molecule has 4 aromatic carbocycles. The summed E-state index contributed by atoms with van der Waals surface area (Å²) in [5, 5.41) is 8.08. The van der Waals surface area contributed by atoms with Crippen LogP contribution in [0.1, 0.15) is 12.5 Å². The van der Waals surface area contributed by atoms with Crippen LogP contribution in [-0.2, 0) is 0 Å². The Labute approximate surface area is 174 Å². The average molecular weight is 396 g/mol. The van der Waals surface area contributed by atoms with E-state index in [0.717, 1.165) is 0 Å². The lowest BCUT2D eigenvalue weighted by Crippen LogP contribution is -2.41. The zero-order valence-electron chi connectivity index (χ0n) is 17.0. The second kappa shape index (κ2) is 8.64. The fourth-order valence-corrected chi connectivity index (χ4v) is 8.66. The van der Waals surface area contributed by atoms with Crippen LogP contribution in [-0.4, -0.2) is 5.78 Å². The Bertz CT molecular complexity index is 949. The third-order valence-corrected chi connectivity index (χ3v) is 10.2. The van der Waals surface area contributed by atoms with Crippen molar-refractivity contribution in [1.82, 2.24) is 0 Å². The molecule has 0 aliphatic carbocycles. The van der Waals surface area contributed by atoms with Gasteiger partial charge in [0.15, 0.2) is 0 Å². The predicted molar refractivity (Wildman–Crippen MR) is 129 cm³/mol. The zero-order valence-corrected chi connectivity index (χ0v) is 17.9. The minimum atomic E-state index is -1.94. The second-order valence-electron chi connectivity index (χ2n) is 7.36. The fourth-order valence-electron chi connectivity index (χ4n) is 4.16. The van der Waals surface area contributed by atoms with E-state index in [-0.39, 0.29) is 5.78 Å². The van der Waals surface area contributed by atoms with Crippen molar-refractivity contribution < 1.29 is 0 Å². The predicted octanol–water partition coefficient (Wildman–Crippen LogP) is 5.75. The highest BCUT2D eigenvalue weighted by molar-refractivity contribution is 7.96. The topological polar surface area (TPSA) is 12.0 Å². The minimum absolute atomic E-state index is 0.232. The maximum atomic E-state index is 3.90. The maximum absolute atomic E-state index is 3.90. The molecule has 1 nitrogen and oxygen atoms in total. The minimum Gasteiger partial charge on any atom is -0.350 e. The highest BCUT2D eigenvalue weighted by Crippen LogP contribution is 2.59. The quantitative estimate of drug-likeness (QED) is 0.409. The summed E-state index contributed by atoms with van der Waals surface area (Å²) in [4.78, 5) is 0. The first-order valence-electron chi connectivity index (χ1n) is 10.1. The van der Waals surface area contributed by atoms with E-state index in [2.05, 4.69) is 134 Å². The summed E-state index contributed by atoms with van der Waals surface area (Å²) in [7, 11) is -1.94. The Morgan fingerprint density at radius 2 is 0.931 bits per heavy atom. The zero-order chi connectivity index (χ0) is 20.1. The Morgan fingerprint density at radius 1 is 0.552 bits per heavy atom. The molecular formula is C27H27NP+. The van der Waals surface area contributed by atoms with Gasteiger partial charge in [-0.15, -0.1) is 0 Å². The van der Waals surface area contributed by atoms with Crippen molar-refractivity contribution in [3.05, 3.63) is 121 Å². The van der Waals surface area contributed by atoms with Gasteiger partial charge in [-0.1, -0.05) is 72.8 Å². The molecular weight excluding hydrogens is 369 g/mol. The van der Waals surface area contributed by atoms with E-state index >= 15 is 0 Å². The summed E-state index contributed by atoms with van der Waals surface area (Å²) in [6.45, 7) is 4.51. The molecule has 1 atom stereocenters. The van der Waals surface area contributed by atoms with Gasteiger partial charge in [0.05, 0.1) is 0 Å². The van der Waals surface area contributed by atoms with Gasteiger partial charge in [0.1, 0.15) is 29.0 Å². The van der Waals surface area contributed by atoms with E-state index < -0.39 is 7.26 Å². The average Bonchev–Trinajstić information content (AvgIpc) is 2.78. The fraction of sp³-hybridized carbons (Fsp3) is 0.111. The van der Waals surface area contributed by atoms with Gasteiger partial charge < -0.3 is 5.32 Å². The molecule has 0 heterocycles. The standard InChI is InChI=1S/C27H27NP/c1-22-14-12-13-21-27(22)28-23(2)29(24-15-6-3-7-16-24,25-17-8-4-9-18-25)26-19-10-5-11-20-26/h3-21,23,28H,1-2H3/q+1. The van der Waals surface area contributed by atoms with E-state index in [4.69, 9.17) is 0 Å². The normalized spacial score (nSPS) is 12.3. The van der Waals surface area contributed by atoms with Crippen LogP contribution in [0, 0.1) is 6.92 Å². The van der Waals surface area contributed by atoms with Crippen molar-refractivity contribution >= 4 is 28.9 Å². The van der Waals surface area contributed by atoms with Crippen molar-refractivity contribution in [2.24, 2.45) is 0 Å². The van der Waals surface area contributed by atoms with Gasteiger partial charge in [0.25, 0.3) is 0 Å². The SMILES string of the molecule is Cc1ccccc1NC(C)[P+](c1ccccc1)(c1ccccc1)c1ccccc1. The van der Waals surface area contributed by atoms with Crippen molar-refractivity contribution in [3.8, 4) is 0 Å². The molecule has 144 valence electrons. The number of hydrogen-bond acceptors (Lipinski definition) is 1. The van der Waals surface area contributed by atoms with Gasteiger partial charge >= 0.3 is 0 Å². The molecule has 0 fully saturated rings. The molecule has 0 radical (unpaired) electrons. The van der Waals surface area contributed by atoms with Gasteiger partial charge in [-0.25, -0.2) is 0 Å². The lowest BCUT2D eigenvalue weighted by Gasteiger charge is -2.34. The molecule has 0 aliphatic heterocycles. The molecule has 0 amide bonds. The monoisotopic (exact) mass is 396 g/mol. The lowest BCUT2D eigenvalue weighted by molar-refractivity contribution is 1.10. The van der Waals surface area contributed by atoms with E-state index in [1.165, 1.54) is 27.2 Å². The van der Waals surface area contributed by atoms with E-state index in [1.54, 1.807) is 0 Å². The van der Waals surface area contributed by atoms with Crippen LogP contribution in [0.2, 0.25) is 0 Å². The summed E-state index contributed by atoms with van der Waals surface area (Å²) in [5.74, 6) is 0.232. The summed E-state index contributed by atoms with van der Waals surface area (Å²) >= 11 is 0. The first-order valence-corrected chi connectivity index (χ1v) is 12.0. The molecule has 0 spiro atoms. The molecule has 0 saturated carbocycles. The third kappa shape index (κ3) is 3.71. The van der Waals surface area contributed by atoms with Crippen molar-refractivity contribution in [1.29, 1.82) is 0 Å². The third-order valence-electron chi connectivity index (χ3n) is 5.58. The Morgan fingerprint density at radius 3 is 1.34 bits per heavy atom. The lowest BCUT2D eigenvalue weighted by atomic mass is 10.2. The van der Waals surface area contributed by atoms with Crippen LogP contribution in [0.5, 0.6) is 0 Å². The Balaban J connectivity index is 1.96.